The number of hydrogen-bond donors (Lipinski definition) is 1. The molecule has 0 aliphatic carbocycles. The fraction of sp³-hybridized carbons (Fsp3) is 0.273. The monoisotopic (exact) mass is 236 g/mol. The summed E-state index contributed by atoms with van der Waals surface area (Å²) in [4.78, 5) is 10.4. The van der Waals surface area contributed by atoms with Gasteiger partial charge < -0.3 is 5.11 Å². The van der Waals surface area contributed by atoms with Crippen LogP contribution in [-0.2, 0) is 4.79 Å². The van der Waals surface area contributed by atoms with Crippen molar-refractivity contribution in [3.63, 3.8) is 0 Å². The Labute approximate surface area is 98.3 Å². The molecular formula is C11H12N2O2S. The van der Waals surface area contributed by atoms with E-state index in [4.69, 9.17) is 5.11 Å². The van der Waals surface area contributed by atoms with Crippen molar-refractivity contribution in [1.29, 1.82) is 0 Å². The van der Waals surface area contributed by atoms with Gasteiger partial charge in [0, 0.05) is 24.7 Å². The van der Waals surface area contributed by atoms with Gasteiger partial charge in [-0.15, -0.1) is 0 Å². The molecule has 1 aliphatic heterocycles. The van der Waals surface area contributed by atoms with E-state index in [-0.39, 0.29) is 6.42 Å². The molecular weight excluding hydrogens is 224 g/mol. The van der Waals surface area contributed by atoms with Crippen molar-refractivity contribution in [2.75, 3.05) is 10.8 Å². The Kier molecular flexibility index (Phi) is 3.46. The van der Waals surface area contributed by atoms with Gasteiger partial charge in [-0.3, -0.25) is 9.10 Å². The van der Waals surface area contributed by atoms with Crippen LogP contribution in [0, 0.1) is 0 Å². The van der Waals surface area contributed by atoms with E-state index in [1.54, 1.807) is 0 Å². The van der Waals surface area contributed by atoms with E-state index in [2.05, 4.69) is 4.40 Å². The molecule has 0 amide bonds. The van der Waals surface area contributed by atoms with E-state index in [9.17, 15) is 4.79 Å². The smallest absolute Gasteiger partial charge is 0.303 e. The van der Waals surface area contributed by atoms with Gasteiger partial charge in [-0.2, -0.15) is 0 Å². The number of anilines is 1. The summed E-state index contributed by atoms with van der Waals surface area (Å²) in [7, 11) is 0. The zero-order chi connectivity index (χ0) is 11.4. The highest BCUT2D eigenvalue weighted by molar-refractivity contribution is 7.99. The third kappa shape index (κ3) is 2.55. The molecule has 5 heteroatoms. The minimum atomic E-state index is -0.751. The van der Waals surface area contributed by atoms with E-state index in [1.807, 2.05) is 34.8 Å². The molecule has 0 radical (unpaired) electrons. The van der Waals surface area contributed by atoms with Gasteiger partial charge in [-0.1, -0.05) is 18.2 Å². The van der Waals surface area contributed by atoms with Gasteiger partial charge in [0.2, 0.25) is 0 Å². The quantitative estimate of drug-likeness (QED) is 0.815. The number of carboxylic acids is 1. The predicted molar refractivity (Wildman–Crippen MR) is 65.8 cm³/mol. The van der Waals surface area contributed by atoms with Crippen molar-refractivity contribution in [2.45, 2.75) is 12.8 Å². The first-order valence-corrected chi connectivity index (χ1v) is 5.79. The summed E-state index contributed by atoms with van der Waals surface area (Å²) in [6.45, 7) is 0.700. The summed E-state index contributed by atoms with van der Waals surface area (Å²) in [6.07, 6.45) is 2.66. The maximum absolute atomic E-state index is 10.4. The molecule has 16 heavy (non-hydrogen) atoms. The van der Waals surface area contributed by atoms with Crippen LogP contribution in [0.25, 0.3) is 0 Å². The maximum Gasteiger partial charge on any atom is 0.303 e. The Balaban J connectivity index is 2.02. The number of nitrogens with zero attached hydrogens (tertiary/aromatic N) is 2. The molecule has 0 atom stereocenters. The lowest BCUT2D eigenvalue weighted by molar-refractivity contribution is -0.137. The van der Waals surface area contributed by atoms with Gasteiger partial charge in [0.1, 0.15) is 0 Å². The summed E-state index contributed by atoms with van der Waals surface area (Å²) in [5.41, 5.74) is 2.18. The SMILES string of the molecule is O=C(O)CCCN1SN=Cc2ccccc21. The molecule has 1 aromatic rings. The second-order valence-electron chi connectivity index (χ2n) is 3.47. The number of carboxylic acid groups (broad SMARTS) is 1. The minimum Gasteiger partial charge on any atom is -0.481 e. The van der Waals surface area contributed by atoms with E-state index >= 15 is 0 Å². The summed E-state index contributed by atoms with van der Waals surface area (Å²) in [6, 6.07) is 7.97. The topological polar surface area (TPSA) is 52.9 Å². The number of para-hydroxylation sites is 1. The molecule has 0 saturated heterocycles. The van der Waals surface area contributed by atoms with Crippen LogP contribution in [-0.4, -0.2) is 23.8 Å². The third-order valence-electron chi connectivity index (χ3n) is 2.29. The van der Waals surface area contributed by atoms with Gasteiger partial charge >= 0.3 is 5.97 Å². The van der Waals surface area contributed by atoms with Crippen LogP contribution in [0.1, 0.15) is 18.4 Å². The van der Waals surface area contributed by atoms with Gasteiger partial charge in [0.15, 0.2) is 0 Å². The molecule has 1 heterocycles. The van der Waals surface area contributed by atoms with Crippen molar-refractivity contribution in [3.8, 4) is 0 Å². The second-order valence-corrected chi connectivity index (χ2v) is 4.29. The maximum atomic E-state index is 10.4. The molecule has 0 bridgehead atoms. The number of hydrogen-bond acceptors (Lipinski definition) is 4. The number of fused-ring (bicyclic) bond motifs is 1. The first-order valence-electron chi connectivity index (χ1n) is 5.06. The Hall–Kier alpha value is -1.49. The molecule has 2 rings (SSSR count). The lowest BCUT2D eigenvalue weighted by Crippen LogP contribution is -2.19. The summed E-state index contributed by atoms with van der Waals surface area (Å²) >= 11 is 1.37. The highest BCUT2D eigenvalue weighted by Crippen LogP contribution is 2.30. The molecule has 0 spiro atoms. The van der Waals surface area contributed by atoms with Gasteiger partial charge in [0.05, 0.1) is 17.8 Å². The van der Waals surface area contributed by atoms with Crippen LogP contribution >= 0.6 is 12.1 Å². The van der Waals surface area contributed by atoms with Crippen molar-refractivity contribution in [1.82, 2.24) is 0 Å². The summed E-state index contributed by atoms with van der Waals surface area (Å²) in [5, 5.41) is 8.58. The second kappa shape index (κ2) is 5.03. The standard InChI is InChI=1S/C11H12N2O2S/c14-11(15)6-3-7-13-10-5-2-1-4-9(10)8-12-16-13/h1-2,4-5,8H,3,6-7H2,(H,14,15). The van der Waals surface area contributed by atoms with Crippen LogP contribution in [0.15, 0.2) is 28.7 Å². The third-order valence-corrected chi connectivity index (χ3v) is 3.07. The summed E-state index contributed by atoms with van der Waals surface area (Å²) < 4.78 is 6.19. The van der Waals surface area contributed by atoms with Crippen molar-refractivity contribution < 1.29 is 9.90 Å². The normalized spacial score (nSPS) is 13.6. The average molecular weight is 236 g/mol. The van der Waals surface area contributed by atoms with Crippen LogP contribution in [0.2, 0.25) is 0 Å². The Bertz CT molecular complexity index is 420. The lowest BCUT2D eigenvalue weighted by atomic mass is 10.2. The Morgan fingerprint density at radius 3 is 3.06 bits per heavy atom. The number of aliphatic carboxylic acids is 1. The van der Waals surface area contributed by atoms with Crippen LogP contribution < -0.4 is 4.31 Å². The van der Waals surface area contributed by atoms with Crippen molar-refractivity contribution in [2.24, 2.45) is 4.40 Å². The van der Waals surface area contributed by atoms with Crippen LogP contribution in [0.5, 0.6) is 0 Å². The fourth-order valence-electron chi connectivity index (χ4n) is 1.54. The lowest BCUT2D eigenvalue weighted by Gasteiger charge is -2.24. The minimum absolute atomic E-state index is 0.197. The molecule has 0 fully saturated rings. The molecule has 1 aromatic carbocycles. The van der Waals surface area contributed by atoms with E-state index in [1.165, 1.54) is 12.1 Å². The zero-order valence-corrected chi connectivity index (χ0v) is 9.48. The largest absolute Gasteiger partial charge is 0.481 e. The van der Waals surface area contributed by atoms with E-state index < -0.39 is 5.97 Å². The molecule has 0 saturated carbocycles. The van der Waals surface area contributed by atoms with Gasteiger partial charge in [-0.05, 0) is 12.5 Å². The highest BCUT2D eigenvalue weighted by Gasteiger charge is 2.14. The van der Waals surface area contributed by atoms with E-state index in [0.29, 0.717) is 13.0 Å². The molecule has 84 valence electrons. The Morgan fingerprint density at radius 1 is 1.44 bits per heavy atom. The molecule has 1 aliphatic rings. The van der Waals surface area contributed by atoms with Crippen molar-refractivity contribution >= 4 is 30.0 Å². The zero-order valence-electron chi connectivity index (χ0n) is 8.67. The van der Waals surface area contributed by atoms with Crippen LogP contribution in [0.3, 0.4) is 0 Å². The molecule has 4 nitrogen and oxygen atoms in total. The molecule has 1 N–H and O–H groups in total. The van der Waals surface area contributed by atoms with Crippen molar-refractivity contribution in [3.05, 3.63) is 29.8 Å². The average Bonchev–Trinajstić information content (AvgIpc) is 2.29. The first kappa shape index (κ1) is 11.0. The number of rotatable bonds is 4. The number of benzene rings is 1. The fourth-order valence-corrected chi connectivity index (χ4v) is 2.28. The molecule has 0 unspecified atom stereocenters. The van der Waals surface area contributed by atoms with Gasteiger partial charge in [-0.25, -0.2) is 4.40 Å². The highest BCUT2D eigenvalue weighted by atomic mass is 32.2. The predicted octanol–water partition coefficient (Wildman–Crippen LogP) is 2.35. The Morgan fingerprint density at radius 2 is 2.25 bits per heavy atom. The summed E-state index contributed by atoms with van der Waals surface area (Å²) in [5.74, 6) is -0.751. The number of carbonyl (C=O) groups is 1. The van der Waals surface area contributed by atoms with E-state index in [0.717, 1.165) is 11.3 Å². The van der Waals surface area contributed by atoms with Crippen LogP contribution in [0.4, 0.5) is 5.69 Å². The molecule has 0 aromatic heterocycles. The van der Waals surface area contributed by atoms with Gasteiger partial charge in [0.25, 0.3) is 0 Å². The first-order chi connectivity index (χ1) is 7.77.